The predicted octanol–water partition coefficient (Wildman–Crippen LogP) is -0.790. The maximum absolute atomic E-state index is 2.59. The van der Waals surface area contributed by atoms with Gasteiger partial charge in [0.1, 0.15) is 0 Å². The molecule has 0 aromatic heterocycles. The van der Waals surface area contributed by atoms with E-state index in [2.05, 4.69) is 79.9 Å². The number of hydrogen-bond acceptors (Lipinski definition) is 0. The number of halogens is 2. The van der Waals surface area contributed by atoms with Gasteiger partial charge < -0.3 is 24.8 Å². The summed E-state index contributed by atoms with van der Waals surface area (Å²) in [6.45, 7) is 5.19. The molecule has 2 aliphatic carbocycles. The van der Waals surface area contributed by atoms with Crippen molar-refractivity contribution in [3.05, 3.63) is 81.2 Å². The number of benzene rings is 2. The normalized spacial score (nSPS) is 14.5. The van der Waals surface area contributed by atoms with E-state index in [-0.39, 0.29) is 24.8 Å². The molecule has 0 bridgehead atoms. The molecule has 0 aliphatic heterocycles. The zero-order valence-electron chi connectivity index (χ0n) is 14.0. The quantitative estimate of drug-likeness (QED) is 0.537. The number of fused-ring (bicyclic) bond motifs is 3. The van der Waals surface area contributed by atoms with Crippen LogP contribution in [0, 0.1) is 0 Å². The fourth-order valence-corrected chi connectivity index (χ4v) is 24.6. The Kier molecular flexibility index (Phi) is 6.90. The van der Waals surface area contributed by atoms with E-state index < -0.39 is 26.8 Å². The molecule has 0 saturated carbocycles. The van der Waals surface area contributed by atoms with Crippen LogP contribution in [0.5, 0.6) is 0 Å². The van der Waals surface area contributed by atoms with Crippen LogP contribution in [0.25, 0.3) is 11.1 Å². The SMILES string of the molecule is C[SiH](C)[Zr+2]([C]1=CC=CC1)[CH]1c2ccccc2-c2ccccc21.[Cl-].[Cl-]. The molecule has 0 nitrogen and oxygen atoms in total. The van der Waals surface area contributed by atoms with Gasteiger partial charge in [0.25, 0.3) is 0 Å². The van der Waals surface area contributed by atoms with E-state index in [0.29, 0.717) is 0 Å². The molecular formula is C20H21Cl2SiZr. The second-order valence-corrected chi connectivity index (χ2v) is 26.3. The van der Waals surface area contributed by atoms with Gasteiger partial charge in [-0.1, -0.05) is 0 Å². The van der Waals surface area contributed by atoms with Crippen molar-refractivity contribution < 1.29 is 45.7 Å². The van der Waals surface area contributed by atoms with Crippen molar-refractivity contribution in [1.82, 2.24) is 0 Å². The Morgan fingerprint density at radius 2 is 1.42 bits per heavy atom. The van der Waals surface area contributed by atoms with Crippen LogP contribution in [0.4, 0.5) is 0 Å². The summed E-state index contributed by atoms with van der Waals surface area (Å²) in [5, 5.41) is 0. The first-order chi connectivity index (χ1) is 10.8. The van der Waals surface area contributed by atoms with E-state index in [1.54, 1.807) is 11.1 Å². The van der Waals surface area contributed by atoms with E-state index in [4.69, 9.17) is 0 Å². The van der Waals surface area contributed by atoms with E-state index in [1.807, 2.05) is 3.28 Å². The number of allylic oxidation sites excluding steroid dienone is 4. The largest absolute Gasteiger partial charge is 1.00 e. The average molecular weight is 452 g/mol. The third-order valence-electron chi connectivity index (χ3n) is 4.91. The minimum Gasteiger partial charge on any atom is -1.00 e. The first-order valence-electron chi connectivity index (χ1n) is 8.18. The molecule has 2 aliphatic rings. The average Bonchev–Trinajstić information content (AvgIpc) is 3.16. The first-order valence-corrected chi connectivity index (χ1v) is 18.0. The number of hydrogen-bond donors (Lipinski definition) is 0. The van der Waals surface area contributed by atoms with Gasteiger partial charge in [-0.25, -0.2) is 0 Å². The third kappa shape index (κ3) is 3.31. The zero-order chi connectivity index (χ0) is 15.1. The first kappa shape index (κ1) is 19.9. The van der Waals surface area contributed by atoms with Gasteiger partial charge in [0.2, 0.25) is 0 Å². The smallest absolute Gasteiger partial charge is 1.00 e. The minimum absolute atomic E-state index is 0. The maximum Gasteiger partial charge on any atom is -1.00 e. The molecule has 2 aromatic rings. The molecule has 24 heavy (non-hydrogen) atoms. The molecule has 0 N–H and O–H groups in total. The van der Waals surface area contributed by atoms with Gasteiger partial charge in [0.05, 0.1) is 0 Å². The van der Waals surface area contributed by atoms with Crippen molar-refractivity contribution in [3.63, 3.8) is 0 Å². The summed E-state index contributed by atoms with van der Waals surface area (Å²) >= 11 is -1.64. The van der Waals surface area contributed by atoms with Gasteiger partial charge in [-0.3, -0.25) is 0 Å². The van der Waals surface area contributed by atoms with Gasteiger partial charge >= 0.3 is 142 Å². The Morgan fingerprint density at radius 1 is 0.875 bits per heavy atom. The van der Waals surface area contributed by atoms with Gasteiger partial charge in [0.15, 0.2) is 0 Å². The summed E-state index contributed by atoms with van der Waals surface area (Å²) in [5.41, 5.74) is 6.27. The van der Waals surface area contributed by atoms with Crippen molar-refractivity contribution in [2.75, 3.05) is 0 Å². The summed E-state index contributed by atoms with van der Waals surface area (Å²) in [6, 6.07) is 18.3. The number of rotatable bonds is 3. The van der Waals surface area contributed by atoms with Gasteiger partial charge in [-0.05, 0) is 0 Å². The second kappa shape index (κ2) is 8.32. The van der Waals surface area contributed by atoms with Gasteiger partial charge in [0, 0.05) is 0 Å². The molecule has 0 unspecified atom stereocenters. The van der Waals surface area contributed by atoms with Crippen molar-refractivity contribution in [2.24, 2.45) is 0 Å². The van der Waals surface area contributed by atoms with Gasteiger partial charge in [-0.2, -0.15) is 0 Å². The summed E-state index contributed by atoms with van der Waals surface area (Å²) in [7, 11) is 0. The van der Waals surface area contributed by atoms with Crippen molar-refractivity contribution in [3.8, 4) is 11.1 Å². The molecule has 0 spiro atoms. The monoisotopic (exact) mass is 449 g/mol. The van der Waals surface area contributed by atoms with E-state index in [1.165, 1.54) is 17.5 Å². The standard InChI is InChI=1S/C13H9.C5H5.C2H7Si.2ClH.Zr/c1-3-7-12-10(5-1)9-11-6-2-4-8-13(11)12;1-2-4-5-3-1;1-3-2;;;/h1-9H;1-3H,4H2;3H,1-2H3;2*1H;/q;;;;;+2/p-2. The third-order valence-corrected chi connectivity index (χ3v) is 25.3. The molecule has 4 heteroatoms. The summed E-state index contributed by atoms with van der Waals surface area (Å²) in [6.07, 6.45) is 8.35. The molecule has 0 saturated heterocycles. The van der Waals surface area contributed by atoms with Crippen LogP contribution in [0.3, 0.4) is 0 Å². The summed E-state index contributed by atoms with van der Waals surface area (Å²) in [4.78, 5) is 0. The zero-order valence-corrected chi connectivity index (χ0v) is 19.1. The Bertz CT molecular complexity index is 737. The maximum atomic E-state index is 2.59. The minimum atomic E-state index is -1.64. The molecular weight excluding hydrogens is 430 g/mol. The van der Waals surface area contributed by atoms with Crippen LogP contribution in [0.2, 0.25) is 13.1 Å². The van der Waals surface area contributed by atoms with Crippen LogP contribution >= 0.6 is 0 Å². The molecule has 0 radical (unpaired) electrons. The predicted molar refractivity (Wildman–Crippen MR) is 94.4 cm³/mol. The van der Waals surface area contributed by atoms with Crippen LogP contribution in [0.1, 0.15) is 21.2 Å². The van der Waals surface area contributed by atoms with E-state index in [0.717, 1.165) is 3.63 Å². The van der Waals surface area contributed by atoms with Gasteiger partial charge in [-0.15, -0.1) is 0 Å². The van der Waals surface area contributed by atoms with Crippen molar-refractivity contribution in [2.45, 2.75) is 23.1 Å². The fraction of sp³-hybridized carbons (Fsp3) is 0.200. The Morgan fingerprint density at radius 3 is 1.88 bits per heavy atom. The Labute approximate surface area is 166 Å². The fourth-order valence-electron chi connectivity index (χ4n) is 4.04. The van der Waals surface area contributed by atoms with Crippen LogP contribution in [0.15, 0.2) is 70.0 Å². The molecule has 0 fully saturated rings. The van der Waals surface area contributed by atoms with Crippen LogP contribution < -0.4 is 24.8 Å². The molecule has 4 rings (SSSR count). The van der Waals surface area contributed by atoms with Crippen LogP contribution in [-0.2, 0) is 20.9 Å². The van der Waals surface area contributed by atoms with E-state index >= 15 is 0 Å². The molecule has 0 atom stereocenters. The molecule has 2 aromatic carbocycles. The topological polar surface area (TPSA) is 0 Å². The van der Waals surface area contributed by atoms with E-state index in [9.17, 15) is 0 Å². The Hall–Kier alpha value is -0.400. The summed E-state index contributed by atoms with van der Waals surface area (Å²) in [5.74, 6) is -0.621. The molecule has 0 amide bonds. The molecule has 123 valence electrons. The Balaban J connectivity index is 0.00000104. The van der Waals surface area contributed by atoms with Crippen molar-refractivity contribution >= 4 is 5.92 Å². The molecule has 0 heterocycles. The second-order valence-electron chi connectivity index (χ2n) is 6.54. The van der Waals surface area contributed by atoms with Crippen LogP contribution in [-0.4, -0.2) is 5.92 Å². The van der Waals surface area contributed by atoms with Crippen molar-refractivity contribution in [1.29, 1.82) is 0 Å². The summed E-state index contributed by atoms with van der Waals surface area (Å²) < 4.78 is 2.60.